The van der Waals surface area contributed by atoms with Gasteiger partial charge in [-0.15, -0.1) is 0 Å². The molecule has 0 aromatic heterocycles. The zero-order chi connectivity index (χ0) is 12.7. The second kappa shape index (κ2) is 6.97. The molecule has 1 saturated carbocycles. The van der Waals surface area contributed by atoms with E-state index in [0.29, 0.717) is 5.41 Å². The highest BCUT2D eigenvalue weighted by Gasteiger charge is 2.42. The molecule has 99 valence electrons. The Bertz CT molecular complexity index is 321. The van der Waals surface area contributed by atoms with Crippen LogP contribution in [0.25, 0.3) is 0 Å². The van der Waals surface area contributed by atoms with E-state index in [1.165, 1.54) is 64.2 Å². The Kier molecular flexibility index (Phi) is 5.28. The fraction of sp³-hybridized carbons (Fsp3) is 0.667. The van der Waals surface area contributed by atoms with Crippen LogP contribution in [-0.4, -0.2) is 0 Å². The summed E-state index contributed by atoms with van der Waals surface area (Å²) in [5.41, 5.74) is 2.13. The van der Waals surface area contributed by atoms with Crippen molar-refractivity contribution in [3.8, 4) is 0 Å². The average molecular weight is 243 g/mol. The summed E-state index contributed by atoms with van der Waals surface area (Å²) in [6.45, 7) is 2.29. The third-order valence-electron chi connectivity index (χ3n) is 4.44. The molecule has 1 aromatic rings. The molecule has 0 heteroatoms. The monoisotopic (exact) mass is 243 g/mol. The molecule has 0 N–H and O–H groups in total. The van der Waals surface area contributed by atoms with Crippen molar-refractivity contribution in [2.45, 2.75) is 76.5 Å². The molecule has 18 heavy (non-hydrogen) atoms. The quantitative estimate of drug-likeness (QED) is 0.491. The van der Waals surface area contributed by atoms with Gasteiger partial charge < -0.3 is 0 Å². The van der Waals surface area contributed by atoms with Gasteiger partial charge in [-0.3, -0.25) is 0 Å². The van der Waals surface area contributed by atoms with Gasteiger partial charge in [0.2, 0.25) is 0 Å². The molecule has 1 aliphatic carbocycles. The van der Waals surface area contributed by atoms with E-state index >= 15 is 0 Å². The fourth-order valence-electron chi connectivity index (χ4n) is 2.99. The molecule has 1 fully saturated rings. The van der Waals surface area contributed by atoms with E-state index in [0.717, 1.165) is 0 Å². The van der Waals surface area contributed by atoms with Crippen LogP contribution in [0.5, 0.6) is 0 Å². The van der Waals surface area contributed by atoms with E-state index in [2.05, 4.69) is 37.3 Å². The van der Waals surface area contributed by atoms with E-state index in [-0.39, 0.29) is 0 Å². The van der Waals surface area contributed by atoms with Crippen LogP contribution in [0.2, 0.25) is 0 Å². The van der Waals surface area contributed by atoms with E-state index < -0.39 is 0 Å². The van der Waals surface area contributed by atoms with Gasteiger partial charge >= 0.3 is 0 Å². The van der Waals surface area contributed by atoms with Crippen molar-refractivity contribution >= 4 is 0 Å². The van der Waals surface area contributed by atoms with Crippen molar-refractivity contribution in [1.29, 1.82) is 0 Å². The minimum absolute atomic E-state index is 0.568. The van der Waals surface area contributed by atoms with Crippen LogP contribution >= 0.6 is 0 Å². The second-order valence-electron chi connectivity index (χ2n) is 5.94. The number of rotatable bonds is 9. The Labute approximate surface area is 113 Å². The van der Waals surface area contributed by atoms with Gasteiger partial charge in [0.1, 0.15) is 0 Å². The lowest BCUT2D eigenvalue weighted by molar-refractivity contribution is 0.525. The topological polar surface area (TPSA) is 0 Å². The molecule has 2 rings (SSSR count). The molecule has 0 amide bonds. The maximum absolute atomic E-state index is 3.13. The first kappa shape index (κ1) is 13.6. The third kappa shape index (κ3) is 3.86. The van der Waals surface area contributed by atoms with E-state index in [1.807, 2.05) is 0 Å². The Hall–Kier alpha value is -0.780. The summed E-state index contributed by atoms with van der Waals surface area (Å²) >= 11 is 0. The van der Waals surface area contributed by atoms with Crippen LogP contribution in [0.4, 0.5) is 0 Å². The van der Waals surface area contributed by atoms with Crippen molar-refractivity contribution in [2.75, 3.05) is 0 Å². The van der Waals surface area contributed by atoms with Crippen molar-refractivity contribution in [2.24, 2.45) is 0 Å². The lowest BCUT2D eigenvalue weighted by Crippen LogP contribution is -2.05. The van der Waals surface area contributed by atoms with Gasteiger partial charge in [-0.1, -0.05) is 76.1 Å². The van der Waals surface area contributed by atoms with Crippen LogP contribution in [-0.2, 0) is 5.41 Å². The molecule has 0 atom stereocenters. The standard InChI is InChI=1S/C18H27/c1-2-3-4-5-6-7-11-14-18(15-16-18)17-12-9-8-10-13-17/h9-10,12-13H,2-7,11,14-16H2,1H3. The van der Waals surface area contributed by atoms with Gasteiger partial charge in [0.25, 0.3) is 0 Å². The molecule has 1 aliphatic rings. The minimum atomic E-state index is 0.568. The summed E-state index contributed by atoms with van der Waals surface area (Å²) < 4.78 is 0. The number of hydrogen-bond donors (Lipinski definition) is 0. The van der Waals surface area contributed by atoms with Gasteiger partial charge in [0.15, 0.2) is 0 Å². The molecular weight excluding hydrogens is 216 g/mol. The Morgan fingerprint density at radius 2 is 1.56 bits per heavy atom. The number of benzene rings is 1. The zero-order valence-electron chi connectivity index (χ0n) is 11.9. The van der Waals surface area contributed by atoms with E-state index in [4.69, 9.17) is 0 Å². The summed E-state index contributed by atoms with van der Waals surface area (Å²) in [7, 11) is 0. The van der Waals surface area contributed by atoms with Crippen LogP contribution in [0, 0.1) is 6.07 Å². The first-order valence-corrected chi connectivity index (χ1v) is 7.84. The molecule has 0 heterocycles. The smallest absolute Gasteiger partial charge is 0.00463 e. The normalized spacial score (nSPS) is 16.7. The van der Waals surface area contributed by atoms with Gasteiger partial charge in [0.05, 0.1) is 0 Å². The van der Waals surface area contributed by atoms with E-state index in [1.54, 1.807) is 5.56 Å². The average Bonchev–Trinajstić information content (AvgIpc) is 3.20. The predicted molar refractivity (Wildman–Crippen MR) is 78.8 cm³/mol. The fourth-order valence-corrected chi connectivity index (χ4v) is 2.99. The molecule has 0 bridgehead atoms. The highest BCUT2D eigenvalue weighted by atomic mass is 14.5. The van der Waals surface area contributed by atoms with Crippen molar-refractivity contribution in [1.82, 2.24) is 0 Å². The van der Waals surface area contributed by atoms with Crippen LogP contribution in [0.3, 0.4) is 0 Å². The zero-order valence-corrected chi connectivity index (χ0v) is 11.9. The van der Waals surface area contributed by atoms with Crippen LogP contribution < -0.4 is 0 Å². The Morgan fingerprint density at radius 1 is 0.944 bits per heavy atom. The molecule has 0 aliphatic heterocycles. The first-order valence-electron chi connectivity index (χ1n) is 7.84. The van der Waals surface area contributed by atoms with Crippen LogP contribution in [0.1, 0.15) is 76.7 Å². The molecular formula is C18H27. The highest BCUT2D eigenvalue weighted by molar-refractivity contribution is 5.30. The lowest BCUT2D eigenvalue weighted by atomic mass is 9.90. The molecule has 0 spiro atoms. The van der Waals surface area contributed by atoms with Crippen molar-refractivity contribution in [3.05, 3.63) is 35.9 Å². The molecule has 1 aromatic carbocycles. The van der Waals surface area contributed by atoms with Crippen molar-refractivity contribution < 1.29 is 0 Å². The van der Waals surface area contributed by atoms with Gasteiger partial charge in [0, 0.05) is 0 Å². The first-order chi connectivity index (χ1) is 8.87. The maximum Gasteiger partial charge on any atom is -0.00463 e. The molecule has 0 nitrogen and oxygen atoms in total. The Balaban J connectivity index is 1.62. The maximum atomic E-state index is 3.13. The number of unbranched alkanes of at least 4 members (excludes halogenated alkanes) is 6. The lowest BCUT2D eigenvalue weighted by Gasteiger charge is -2.15. The largest absolute Gasteiger partial charge is 0.0654 e. The van der Waals surface area contributed by atoms with Crippen LogP contribution in [0.15, 0.2) is 24.3 Å². The second-order valence-corrected chi connectivity index (χ2v) is 5.94. The highest BCUT2D eigenvalue weighted by Crippen LogP contribution is 2.51. The third-order valence-corrected chi connectivity index (χ3v) is 4.44. The summed E-state index contributed by atoms with van der Waals surface area (Å²) in [4.78, 5) is 0. The van der Waals surface area contributed by atoms with Gasteiger partial charge in [-0.2, -0.15) is 0 Å². The minimum Gasteiger partial charge on any atom is -0.0654 e. The summed E-state index contributed by atoms with van der Waals surface area (Å²) in [6.07, 6.45) is 14.2. The predicted octanol–water partition coefficient (Wildman–Crippen LogP) is 5.66. The van der Waals surface area contributed by atoms with Crippen molar-refractivity contribution in [3.63, 3.8) is 0 Å². The SMILES string of the molecule is CCCCCCCCCC1(c2cc[c]cc2)CC1. The molecule has 0 saturated heterocycles. The van der Waals surface area contributed by atoms with Gasteiger partial charge in [-0.25, -0.2) is 0 Å². The molecule has 0 unspecified atom stereocenters. The van der Waals surface area contributed by atoms with E-state index in [9.17, 15) is 0 Å². The summed E-state index contributed by atoms with van der Waals surface area (Å²) in [5, 5.41) is 0. The Morgan fingerprint density at radius 3 is 2.17 bits per heavy atom. The summed E-state index contributed by atoms with van der Waals surface area (Å²) in [6, 6.07) is 11.8. The number of hydrogen-bond acceptors (Lipinski definition) is 0. The van der Waals surface area contributed by atoms with Gasteiger partial charge in [-0.05, 0) is 36.3 Å². The summed E-state index contributed by atoms with van der Waals surface area (Å²) in [5.74, 6) is 0. The molecule has 1 radical (unpaired) electrons.